The van der Waals surface area contributed by atoms with Crippen LogP contribution in [-0.2, 0) is 13.0 Å². The van der Waals surface area contributed by atoms with Gasteiger partial charge in [-0.2, -0.15) is 9.61 Å². The number of hydrogen-bond acceptors (Lipinski definition) is 5. The van der Waals surface area contributed by atoms with Crippen molar-refractivity contribution in [3.63, 3.8) is 0 Å². The van der Waals surface area contributed by atoms with E-state index in [0.717, 1.165) is 50.9 Å². The largest absolute Gasteiger partial charge is 0.348 e. The highest BCUT2D eigenvalue weighted by Crippen LogP contribution is 2.26. The van der Waals surface area contributed by atoms with Crippen molar-refractivity contribution in [1.82, 2.24) is 25.1 Å². The SMILES string of the molecule is CCCc1nnc2sc(-c3ccc(CNC(=O)c4cc(C)cc(C)c4)cc3)nn12. The van der Waals surface area contributed by atoms with Crippen LogP contribution >= 0.6 is 11.3 Å². The summed E-state index contributed by atoms with van der Waals surface area (Å²) in [6.07, 6.45) is 1.87. The van der Waals surface area contributed by atoms with E-state index in [0.29, 0.717) is 12.1 Å². The minimum atomic E-state index is -0.0574. The lowest BCUT2D eigenvalue weighted by molar-refractivity contribution is 0.0950. The number of carbonyl (C=O) groups is 1. The monoisotopic (exact) mass is 405 g/mol. The van der Waals surface area contributed by atoms with Crippen molar-refractivity contribution in [2.75, 3.05) is 0 Å². The summed E-state index contributed by atoms with van der Waals surface area (Å²) in [5, 5.41) is 17.0. The average molecular weight is 406 g/mol. The van der Waals surface area contributed by atoms with E-state index in [9.17, 15) is 4.79 Å². The second kappa shape index (κ2) is 8.13. The van der Waals surface area contributed by atoms with E-state index < -0.39 is 0 Å². The Kier molecular flexibility index (Phi) is 5.40. The van der Waals surface area contributed by atoms with Gasteiger partial charge in [-0.05, 0) is 38.0 Å². The van der Waals surface area contributed by atoms with Gasteiger partial charge in [0.15, 0.2) is 5.82 Å². The molecule has 0 atom stereocenters. The minimum Gasteiger partial charge on any atom is -0.348 e. The molecule has 4 rings (SSSR count). The summed E-state index contributed by atoms with van der Waals surface area (Å²) in [5.74, 6) is 0.841. The number of carbonyl (C=O) groups excluding carboxylic acids is 1. The second-order valence-corrected chi connectivity index (χ2v) is 8.18. The highest BCUT2D eigenvalue weighted by molar-refractivity contribution is 7.19. The Hall–Kier alpha value is -3.06. The van der Waals surface area contributed by atoms with Crippen LogP contribution in [0, 0.1) is 13.8 Å². The highest BCUT2D eigenvalue weighted by Gasteiger charge is 2.12. The Morgan fingerprint density at radius 3 is 2.48 bits per heavy atom. The number of benzene rings is 2. The fourth-order valence-electron chi connectivity index (χ4n) is 3.31. The predicted molar refractivity (Wildman–Crippen MR) is 115 cm³/mol. The lowest BCUT2D eigenvalue weighted by Crippen LogP contribution is -2.22. The quantitative estimate of drug-likeness (QED) is 0.518. The average Bonchev–Trinajstić information content (AvgIpc) is 3.28. The van der Waals surface area contributed by atoms with Gasteiger partial charge in [-0.1, -0.05) is 59.7 Å². The molecule has 2 aromatic carbocycles. The molecule has 0 saturated heterocycles. The molecule has 0 saturated carbocycles. The molecular weight excluding hydrogens is 382 g/mol. The molecule has 0 aliphatic carbocycles. The summed E-state index contributed by atoms with van der Waals surface area (Å²) >= 11 is 1.53. The second-order valence-electron chi connectivity index (χ2n) is 7.22. The maximum absolute atomic E-state index is 12.4. The number of aryl methyl sites for hydroxylation is 3. The summed E-state index contributed by atoms with van der Waals surface area (Å²) in [4.78, 5) is 13.2. The third-order valence-electron chi connectivity index (χ3n) is 4.67. The molecule has 7 heteroatoms. The maximum atomic E-state index is 12.4. The Morgan fingerprint density at radius 2 is 1.79 bits per heavy atom. The summed E-state index contributed by atoms with van der Waals surface area (Å²) < 4.78 is 1.83. The first-order valence-corrected chi connectivity index (χ1v) is 10.5. The van der Waals surface area contributed by atoms with Crippen molar-refractivity contribution in [2.24, 2.45) is 0 Å². The number of rotatable bonds is 6. The smallest absolute Gasteiger partial charge is 0.251 e. The molecule has 0 aliphatic rings. The number of hydrogen-bond donors (Lipinski definition) is 1. The van der Waals surface area contributed by atoms with Crippen LogP contribution in [0.1, 0.15) is 46.2 Å². The van der Waals surface area contributed by atoms with Crippen molar-refractivity contribution in [1.29, 1.82) is 0 Å². The topological polar surface area (TPSA) is 72.2 Å². The molecule has 0 bridgehead atoms. The van der Waals surface area contributed by atoms with Crippen LogP contribution in [-0.4, -0.2) is 25.7 Å². The molecule has 0 fully saturated rings. The van der Waals surface area contributed by atoms with Gasteiger partial charge in [0.05, 0.1) is 0 Å². The molecule has 0 spiro atoms. The first-order valence-electron chi connectivity index (χ1n) is 9.70. The summed E-state index contributed by atoms with van der Waals surface area (Å²) in [6, 6.07) is 14.0. The number of amides is 1. The molecule has 2 aromatic heterocycles. The number of fused-ring (bicyclic) bond motifs is 1. The first-order chi connectivity index (χ1) is 14.0. The first kappa shape index (κ1) is 19.3. The van der Waals surface area contributed by atoms with E-state index in [1.54, 1.807) is 0 Å². The van der Waals surface area contributed by atoms with Gasteiger partial charge in [0.25, 0.3) is 5.91 Å². The fraction of sp³-hybridized carbons (Fsp3) is 0.273. The van der Waals surface area contributed by atoms with E-state index in [1.165, 1.54) is 11.3 Å². The van der Waals surface area contributed by atoms with Gasteiger partial charge in [-0.25, -0.2) is 0 Å². The Morgan fingerprint density at radius 1 is 1.07 bits per heavy atom. The third-order valence-corrected chi connectivity index (χ3v) is 5.61. The van der Waals surface area contributed by atoms with Crippen LogP contribution in [0.2, 0.25) is 0 Å². The van der Waals surface area contributed by atoms with Crippen LogP contribution < -0.4 is 5.32 Å². The van der Waals surface area contributed by atoms with E-state index >= 15 is 0 Å². The lowest BCUT2D eigenvalue weighted by Gasteiger charge is -2.08. The third kappa shape index (κ3) is 4.19. The van der Waals surface area contributed by atoms with Crippen molar-refractivity contribution >= 4 is 22.2 Å². The van der Waals surface area contributed by atoms with E-state index in [2.05, 4.69) is 33.6 Å². The Bertz CT molecular complexity index is 1140. The highest BCUT2D eigenvalue weighted by atomic mass is 32.1. The number of nitrogens with one attached hydrogen (secondary N) is 1. The molecule has 6 nitrogen and oxygen atoms in total. The Labute approximate surface area is 173 Å². The maximum Gasteiger partial charge on any atom is 0.251 e. The van der Waals surface area contributed by atoms with Gasteiger partial charge in [0.1, 0.15) is 5.01 Å². The summed E-state index contributed by atoms with van der Waals surface area (Å²) in [7, 11) is 0. The molecule has 4 aromatic rings. The van der Waals surface area contributed by atoms with Gasteiger partial charge >= 0.3 is 0 Å². The van der Waals surface area contributed by atoms with Crippen LogP contribution in [0.25, 0.3) is 15.5 Å². The normalized spacial score (nSPS) is 11.1. The molecular formula is C22H23N5OS. The summed E-state index contributed by atoms with van der Waals surface area (Å²) in [6.45, 7) is 6.60. The molecule has 1 N–H and O–H groups in total. The molecule has 148 valence electrons. The van der Waals surface area contributed by atoms with Crippen molar-refractivity contribution < 1.29 is 4.79 Å². The number of nitrogens with zero attached hydrogens (tertiary/aromatic N) is 4. The van der Waals surface area contributed by atoms with Gasteiger partial charge in [-0.15, -0.1) is 10.2 Å². The molecule has 0 unspecified atom stereocenters. The van der Waals surface area contributed by atoms with Crippen molar-refractivity contribution in [3.8, 4) is 10.6 Å². The molecule has 0 aliphatic heterocycles. The zero-order valence-electron chi connectivity index (χ0n) is 16.8. The van der Waals surface area contributed by atoms with Gasteiger partial charge < -0.3 is 5.32 Å². The van der Waals surface area contributed by atoms with Crippen molar-refractivity contribution in [2.45, 2.75) is 40.2 Å². The van der Waals surface area contributed by atoms with E-state index in [4.69, 9.17) is 0 Å². The molecule has 1 amide bonds. The Balaban J connectivity index is 1.44. The molecule has 29 heavy (non-hydrogen) atoms. The van der Waals surface area contributed by atoms with Crippen LogP contribution in [0.5, 0.6) is 0 Å². The van der Waals surface area contributed by atoms with Gasteiger partial charge in [0.2, 0.25) is 4.96 Å². The van der Waals surface area contributed by atoms with Crippen molar-refractivity contribution in [3.05, 3.63) is 70.5 Å². The van der Waals surface area contributed by atoms with Gasteiger partial charge in [-0.3, -0.25) is 4.79 Å². The summed E-state index contributed by atoms with van der Waals surface area (Å²) in [5.41, 5.74) is 4.95. The standard InChI is InChI=1S/C22H23N5OS/c1-4-5-19-24-25-22-27(19)26-21(29-22)17-8-6-16(7-9-17)13-23-20(28)18-11-14(2)10-15(3)12-18/h6-12H,4-5,13H2,1-3H3,(H,23,28). The lowest BCUT2D eigenvalue weighted by atomic mass is 10.1. The zero-order chi connectivity index (χ0) is 20.4. The van der Waals surface area contributed by atoms with E-state index in [-0.39, 0.29) is 5.91 Å². The minimum absolute atomic E-state index is 0.0574. The fourth-order valence-corrected chi connectivity index (χ4v) is 4.17. The number of aromatic nitrogens is 4. The zero-order valence-corrected chi connectivity index (χ0v) is 17.6. The van der Waals surface area contributed by atoms with E-state index in [1.807, 2.05) is 54.8 Å². The van der Waals surface area contributed by atoms with Crippen LogP contribution in [0.15, 0.2) is 42.5 Å². The predicted octanol–water partition coefficient (Wildman–Crippen LogP) is 4.35. The van der Waals surface area contributed by atoms with Crippen LogP contribution in [0.4, 0.5) is 0 Å². The molecule has 0 radical (unpaired) electrons. The van der Waals surface area contributed by atoms with Gasteiger partial charge in [0, 0.05) is 24.1 Å². The van der Waals surface area contributed by atoms with Crippen LogP contribution in [0.3, 0.4) is 0 Å². The molecule has 2 heterocycles.